The van der Waals surface area contributed by atoms with Crippen LogP contribution in [0.5, 0.6) is 0 Å². The van der Waals surface area contributed by atoms with E-state index in [0.717, 1.165) is 161 Å². The summed E-state index contributed by atoms with van der Waals surface area (Å²) >= 11 is 0. The number of hydrogen-bond donors (Lipinski definition) is 4. The molecule has 4 aromatic heterocycles. The molecule has 16 bridgehead atoms. The average Bonchev–Trinajstić information content (AvgIpc) is 4.43. The molecule has 0 fully saturated rings. The first-order chi connectivity index (χ1) is 39.9. The fourth-order valence-electron chi connectivity index (χ4n) is 15.7. The van der Waals surface area contributed by atoms with Gasteiger partial charge in [-0.25, -0.2) is 20.0 Å². The van der Waals surface area contributed by atoms with Gasteiger partial charge in [-0.15, -0.1) is 0 Å². The zero-order valence-corrected chi connectivity index (χ0v) is 53.1. The summed E-state index contributed by atoms with van der Waals surface area (Å²) in [4.78, 5) is 35.8. The third-order valence-electron chi connectivity index (χ3n) is 19.4. The molecule has 2 unspecified atom stereocenters. The smallest absolute Gasteiger partial charge is 0.0726 e. The van der Waals surface area contributed by atoms with Crippen LogP contribution in [0.15, 0.2) is 84.7 Å². The van der Waals surface area contributed by atoms with Crippen LogP contribution < -0.4 is 16.0 Å². The maximum absolute atomic E-state index is 5.96. The van der Waals surface area contributed by atoms with Gasteiger partial charge in [-0.2, -0.15) is 0 Å². The number of nitrogens with zero attached hydrogens (tertiary/aromatic N) is 4. The number of H-pyrrole nitrogens is 3. The summed E-state index contributed by atoms with van der Waals surface area (Å²) in [7, 11) is 0. The second kappa shape index (κ2) is 24.8. The zero-order valence-electron chi connectivity index (χ0n) is 53.1. The van der Waals surface area contributed by atoms with E-state index in [2.05, 4.69) is 167 Å². The Morgan fingerprint density at radius 2 is 0.805 bits per heavy atom. The second-order valence-corrected chi connectivity index (χ2v) is 23.1. The van der Waals surface area contributed by atoms with Gasteiger partial charge in [0, 0.05) is 56.0 Å². The number of aliphatic imine (C=N–C) groups is 2. The summed E-state index contributed by atoms with van der Waals surface area (Å²) in [5.74, 6) is 0. The summed E-state index contributed by atoms with van der Waals surface area (Å²) in [5, 5.41) is 6.61. The lowest BCUT2D eigenvalue weighted by Crippen LogP contribution is -2.32. The molecule has 4 aromatic rings. The van der Waals surface area contributed by atoms with Crippen molar-refractivity contribution in [2.45, 2.75) is 238 Å². The molecule has 6 aliphatic rings. The summed E-state index contributed by atoms with van der Waals surface area (Å²) in [6.45, 7) is 37.2. The molecule has 0 radical (unpaired) electrons. The molecule has 0 aliphatic carbocycles. The van der Waals surface area contributed by atoms with Gasteiger partial charge in [0.15, 0.2) is 0 Å². The maximum atomic E-state index is 5.96. The van der Waals surface area contributed by atoms with Crippen molar-refractivity contribution in [2.75, 3.05) is 0 Å². The van der Waals surface area contributed by atoms with E-state index in [1.165, 1.54) is 133 Å². The van der Waals surface area contributed by atoms with E-state index in [9.17, 15) is 0 Å². The highest BCUT2D eigenvalue weighted by atomic mass is 15.0. The van der Waals surface area contributed by atoms with E-state index in [1.807, 2.05) is 0 Å². The fourth-order valence-corrected chi connectivity index (χ4v) is 15.7. The van der Waals surface area contributed by atoms with Crippen LogP contribution in [-0.2, 0) is 44.9 Å². The largest absolute Gasteiger partial charge is 0.355 e. The van der Waals surface area contributed by atoms with Gasteiger partial charge >= 0.3 is 0 Å². The first-order valence-electron chi connectivity index (χ1n) is 32.7. The number of aryl methyl sites for hydroxylation is 4. The Balaban J connectivity index is 1.33. The highest BCUT2D eigenvalue weighted by Crippen LogP contribution is 2.46. The van der Waals surface area contributed by atoms with E-state index in [1.54, 1.807) is 0 Å². The molecule has 432 valence electrons. The first-order valence-corrected chi connectivity index (χ1v) is 32.7. The van der Waals surface area contributed by atoms with Crippen LogP contribution >= 0.6 is 0 Å². The van der Waals surface area contributed by atoms with Gasteiger partial charge in [0.2, 0.25) is 0 Å². The van der Waals surface area contributed by atoms with Gasteiger partial charge in [-0.1, -0.05) is 111 Å². The molecule has 0 saturated carbocycles. The predicted octanol–water partition coefficient (Wildman–Crippen LogP) is 17.4. The van der Waals surface area contributed by atoms with Gasteiger partial charge < -0.3 is 15.0 Å². The molecule has 0 amide bonds. The maximum Gasteiger partial charge on any atom is 0.0726 e. The lowest BCUT2D eigenvalue weighted by atomic mass is 9.86. The lowest BCUT2D eigenvalue weighted by Gasteiger charge is -2.17. The van der Waals surface area contributed by atoms with Gasteiger partial charge in [0.05, 0.1) is 45.6 Å². The number of allylic oxidation sites excluding steroid dienone is 9. The summed E-state index contributed by atoms with van der Waals surface area (Å²) < 4.78 is 0. The number of aromatic nitrogens is 5. The minimum atomic E-state index is 0.0870. The van der Waals surface area contributed by atoms with E-state index < -0.39 is 0 Å². The first kappa shape index (κ1) is 58.8. The summed E-state index contributed by atoms with van der Waals surface area (Å²) in [5.41, 5.74) is 38.2. The molecule has 8 heteroatoms. The molecular weight excluding hydrogens is 1000 g/mol. The van der Waals surface area contributed by atoms with E-state index in [4.69, 9.17) is 20.0 Å². The number of fused-ring (bicyclic) bond motifs is 14. The highest BCUT2D eigenvalue weighted by Gasteiger charge is 2.35. The van der Waals surface area contributed by atoms with Crippen LogP contribution in [0.2, 0.25) is 0 Å². The second-order valence-electron chi connectivity index (χ2n) is 23.1. The van der Waals surface area contributed by atoms with Crippen LogP contribution in [-0.4, -0.2) is 48.4 Å². The molecule has 0 saturated heterocycles. The Hall–Kier alpha value is -6.38. The monoisotopic (exact) mass is 1100 g/mol. The molecule has 4 N–H and O–H groups in total. The minimum Gasteiger partial charge on any atom is -0.355 e. The molecule has 0 spiro atoms. The van der Waals surface area contributed by atoms with Crippen LogP contribution in [0.1, 0.15) is 243 Å². The van der Waals surface area contributed by atoms with Crippen molar-refractivity contribution in [1.82, 2.24) is 30.2 Å². The van der Waals surface area contributed by atoms with Crippen molar-refractivity contribution in [3.63, 3.8) is 0 Å². The van der Waals surface area contributed by atoms with Gasteiger partial charge in [-0.05, 0) is 241 Å². The van der Waals surface area contributed by atoms with Crippen molar-refractivity contribution in [3.8, 4) is 0 Å². The summed E-state index contributed by atoms with van der Waals surface area (Å²) in [6.07, 6.45) is 23.7. The van der Waals surface area contributed by atoms with Crippen LogP contribution in [0.4, 0.5) is 0 Å². The Labute approximate surface area is 491 Å². The average molecular weight is 1100 g/mol. The van der Waals surface area contributed by atoms with Crippen molar-refractivity contribution in [3.05, 3.63) is 147 Å². The standard InChI is InChI=1S/C74H96N8/c1-17-41-45(21-5)63-37-67-49(25-9)53(29-13)71(79-67)57(72-54(30-14)50(26-10)68(80-72)38-64-46(22-6)42(18-2)60(76-64)35-59(41)75-63)33-34-58-73-55(31-15)51(27-11)69(81-73)39-65-47(23-7)43(19-3)61(77-65)36-62-44(20-4)48(24-8)66(78-62)40-70-52(28-12)56(32-16)74(58)82-70/h35-40,59,63,75-78H,17-34H2,1-16H3/b60-35-,61-36?,62-36?,64-38?,65-39?,66-40?,67-37-,69-39?,70-40?,72-57-,73-58?,74-58?. The fraction of sp³-hybridized carbons (Fsp3) is 0.486. The van der Waals surface area contributed by atoms with Gasteiger partial charge in [-0.3, -0.25) is 5.32 Å². The lowest BCUT2D eigenvalue weighted by molar-refractivity contribution is 0.680. The number of hydrogen-bond acceptors (Lipinski definition) is 5. The van der Waals surface area contributed by atoms with Crippen molar-refractivity contribution >= 4 is 67.9 Å². The van der Waals surface area contributed by atoms with Crippen LogP contribution in [0, 0.1) is 0 Å². The molecule has 6 aliphatic heterocycles. The number of rotatable bonds is 19. The Morgan fingerprint density at radius 1 is 0.354 bits per heavy atom. The SMILES string of the molecule is CCC1=C(CC)/C2=C/C3NC(/C=c4\[nH]c(c(CC)c4CC)=CC4=N/C(=C(/CCc5c6nc(cc7[nH]c(cc8[nH]c(cc9nc5C(CC)=C9CC)c(CC)c8CC)c(CC)c7CC)C(CC)=C6CC)C1=N2)C(CC)=C4CC)C(CC)=C3CC. The van der Waals surface area contributed by atoms with Gasteiger partial charge in [0.25, 0.3) is 0 Å². The Morgan fingerprint density at radius 3 is 1.26 bits per heavy atom. The van der Waals surface area contributed by atoms with Crippen molar-refractivity contribution in [2.24, 2.45) is 9.98 Å². The van der Waals surface area contributed by atoms with E-state index in [-0.39, 0.29) is 12.1 Å². The normalized spacial score (nSPS) is 20.1. The molecule has 10 heterocycles. The third-order valence-corrected chi connectivity index (χ3v) is 19.4. The zero-order chi connectivity index (χ0) is 58.3. The molecule has 8 nitrogen and oxygen atoms in total. The van der Waals surface area contributed by atoms with Crippen LogP contribution in [0.3, 0.4) is 0 Å². The third kappa shape index (κ3) is 9.84. The number of aromatic amines is 3. The molecule has 2 atom stereocenters. The molecule has 0 aromatic carbocycles. The van der Waals surface area contributed by atoms with Gasteiger partial charge in [0.1, 0.15) is 0 Å². The molecule has 10 rings (SSSR count). The number of nitrogens with one attached hydrogen (secondary N) is 4. The Kier molecular flexibility index (Phi) is 17.8. The highest BCUT2D eigenvalue weighted by molar-refractivity contribution is 6.25. The van der Waals surface area contributed by atoms with Crippen molar-refractivity contribution < 1.29 is 0 Å². The minimum absolute atomic E-state index is 0.0870. The van der Waals surface area contributed by atoms with Crippen LogP contribution in [0.25, 0.3) is 56.5 Å². The quantitative estimate of drug-likeness (QED) is 0.0702. The summed E-state index contributed by atoms with van der Waals surface area (Å²) in [6, 6.07) is 7.40. The molecule has 82 heavy (non-hydrogen) atoms. The van der Waals surface area contributed by atoms with E-state index >= 15 is 0 Å². The predicted molar refractivity (Wildman–Crippen MR) is 353 cm³/mol. The topological polar surface area (TPSA) is 110 Å². The Bertz CT molecular complexity index is 3720. The van der Waals surface area contributed by atoms with Crippen molar-refractivity contribution in [1.29, 1.82) is 0 Å². The van der Waals surface area contributed by atoms with E-state index in [0.29, 0.717) is 0 Å². The molecular formula is C74H96N8.